The van der Waals surface area contributed by atoms with Crippen molar-refractivity contribution in [2.24, 2.45) is 0 Å². The topological polar surface area (TPSA) is 99.6 Å². The van der Waals surface area contributed by atoms with Gasteiger partial charge in [-0.25, -0.2) is 23.2 Å². The largest absolute Gasteiger partial charge is 0.289 e. The highest BCUT2D eigenvalue weighted by atomic mass is 35.5. The van der Waals surface area contributed by atoms with Gasteiger partial charge in [0.15, 0.2) is 0 Å². The summed E-state index contributed by atoms with van der Waals surface area (Å²) < 4.78 is 27.6. The van der Waals surface area contributed by atoms with E-state index in [1.165, 1.54) is 28.7 Å². The highest BCUT2D eigenvalue weighted by Gasteiger charge is 2.27. The van der Waals surface area contributed by atoms with Gasteiger partial charge in [-0.1, -0.05) is 42.1 Å². The molecular formula is C18H21Cl2N3O4S. The van der Waals surface area contributed by atoms with Gasteiger partial charge in [0.1, 0.15) is 10.7 Å². The molecule has 0 aliphatic heterocycles. The number of carbonyl (C=O) groups excluding carboxylic acids is 1. The lowest BCUT2D eigenvalue weighted by Gasteiger charge is -2.24. The summed E-state index contributed by atoms with van der Waals surface area (Å²) in [6.45, 7) is 0.213. The number of rotatable bonds is 10. The summed E-state index contributed by atoms with van der Waals surface area (Å²) in [5.74, 6) is -0.136. The lowest BCUT2D eigenvalue weighted by Crippen LogP contribution is -2.33. The Morgan fingerprint density at radius 3 is 2.50 bits per heavy atom. The molecule has 0 bridgehead atoms. The zero-order valence-electron chi connectivity index (χ0n) is 15.0. The summed E-state index contributed by atoms with van der Waals surface area (Å²) in [7, 11) is -3.93. The Labute approximate surface area is 174 Å². The number of nitrogens with one attached hydrogen (secondary N) is 1. The summed E-state index contributed by atoms with van der Waals surface area (Å²) in [4.78, 5) is 15.1. The van der Waals surface area contributed by atoms with Crippen molar-refractivity contribution in [1.29, 1.82) is 0 Å². The molecule has 152 valence electrons. The summed E-state index contributed by atoms with van der Waals surface area (Å²) in [5.41, 5.74) is 1.59. The molecule has 2 rings (SSSR count). The molecule has 0 aliphatic rings. The smallest absolute Gasteiger partial charge is 0.266 e. The molecule has 0 aliphatic carbocycles. The van der Waals surface area contributed by atoms with Crippen LogP contribution in [0.3, 0.4) is 0 Å². The van der Waals surface area contributed by atoms with E-state index in [-0.39, 0.29) is 22.9 Å². The van der Waals surface area contributed by atoms with Crippen LogP contribution in [0.15, 0.2) is 47.5 Å². The van der Waals surface area contributed by atoms with Crippen molar-refractivity contribution in [2.45, 2.75) is 37.0 Å². The fourth-order valence-corrected chi connectivity index (χ4v) is 4.82. The average molecular weight is 446 g/mol. The Hall–Kier alpha value is -1.87. The molecule has 1 aromatic heterocycles. The number of carbonyl (C=O) groups is 1. The predicted molar refractivity (Wildman–Crippen MR) is 108 cm³/mol. The minimum absolute atomic E-state index is 0.0381. The standard InChI is InChI=1S/C18H21Cl2N3O4S/c19-14-9-10-16(15(20)13-14)28(26,27)23(17-7-4-5-11-21-17)12-6-2-1-3-8-18(24)22-25/h4-5,7,9-11,13,25H,1-3,6,8,12H2,(H,22,24). The highest BCUT2D eigenvalue weighted by Crippen LogP contribution is 2.30. The second kappa shape index (κ2) is 10.6. The summed E-state index contributed by atoms with van der Waals surface area (Å²) >= 11 is 12.0. The molecule has 1 aromatic carbocycles. The van der Waals surface area contributed by atoms with Crippen LogP contribution in [0.2, 0.25) is 10.0 Å². The summed E-state index contributed by atoms with van der Waals surface area (Å²) in [6.07, 6.45) is 4.36. The van der Waals surface area contributed by atoms with E-state index in [0.717, 1.165) is 6.42 Å². The number of pyridine rings is 1. The Kier molecular flexibility index (Phi) is 8.50. The molecule has 2 aromatic rings. The third kappa shape index (κ3) is 6.07. The first-order chi connectivity index (χ1) is 13.4. The first-order valence-electron chi connectivity index (χ1n) is 8.68. The van der Waals surface area contributed by atoms with Gasteiger partial charge in [-0.15, -0.1) is 0 Å². The van der Waals surface area contributed by atoms with Crippen molar-refractivity contribution in [3.63, 3.8) is 0 Å². The first kappa shape index (κ1) is 22.4. The van der Waals surface area contributed by atoms with Crippen LogP contribution in [0.4, 0.5) is 5.82 Å². The SMILES string of the molecule is O=C(CCCCCCN(c1ccccn1)S(=O)(=O)c1ccc(Cl)cc1Cl)NO. The molecular weight excluding hydrogens is 425 g/mol. The van der Waals surface area contributed by atoms with Crippen molar-refractivity contribution in [3.05, 3.63) is 52.6 Å². The van der Waals surface area contributed by atoms with E-state index in [1.54, 1.807) is 23.7 Å². The number of anilines is 1. The van der Waals surface area contributed by atoms with Crippen molar-refractivity contribution < 1.29 is 18.4 Å². The van der Waals surface area contributed by atoms with Crippen molar-refractivity contribution in [2.75, 3.05) is 10.8 Å². The van der Waals surface area contributed by atoms with E-state index in [2.05, 4.69) is 4.98 Å². The van der Waals surface area contributed by atoms with Gasteiger partial charge < -0.3 is 0 Å². The fourth-order valence-electron chi connectivity index (χ4n) is 2.61. The predicted octanol–water partition coefficient (Wildman–Crippen LogP) is 4.04. The van der Waals surface area contributed by atoms with E-state index in [4.69, 9.17) is 28.4 Å². The number of amides is 1. The molecule has 10 heteroatoms. The second-order valence-corrected chi connectivity index (χ2v) is 8.71. The maximum Gasteiger partial charge on any atom is 0.266 e. The van der Waals surface area contributed by atoms with Gasteiger partial charge >= 0.3 is 0 Å². The van der Waals surface area contributed by atoms with Gasteiger partial charge in [0.25, 0.3) is 10.0 Å². The van der Waals surface area contributed by atoms with Crippen molar-refractivity contribution in [1.82, 2.24) is 10.5 Å². The van der Waals surface area contributed by atoms with Gasteiger partial charge in [0, 0.05) is 24.2 Å². The monoisotopic (exact) mass is 445 g/mol. The average Bonchev–Trinajstić information content (AvgIpc) is 2.67. The molecule has 0 fully saturated rings. The lowest BCUT2D eigenvalue weighted by atomic mass is 10.1. The molecule has 7 nitrogen and oxygen atoms in total. The van der Waals surface area contributed by atoms with Crippen LogP contribution in [-0.4, -0.2) is 31.1 Å². The van der Waals surface area contributed by atoms with Crippen LogP contribution < -0.4 is 9.79 Å². The molecule has 0 spiro atoms. The Bertz CT molecular complexity index is 895. The number of hydrogen-bond donors (Lipinski definition) is 2. The van der Waals surface area contributed by atoms with Gasteiger partial charge in [-0.3, -0.25) is 10.0 Å². The Morgan fingerprint density at radius 2 is 1.86 bits per heavy atom. The van der Waals surface area contributed by atoms with Gasteiger partial charge in [0.2, 0.25) is 5.91 Å². The minimum atomic E-state index is -3.93. The summed E-state index contributed by atoms with van der Waals surface area (Å²) in [6, 6.07) is 9.27. The van der Waals surface area contributed by atoms with Crippen molar-refractivity contribution in [3.8, 4) is 0 Å². The number of sulfonamides is 1. The van der Waals surface area contributed by atoms with E-state index >= 15 is 0 Å². The van der Waals surface area contributed by atoms with Crippen LogP contribution in [0.1, 0.15) is 32.1 Å². The number of halogens is 2. The fraction of sp³-hybridized carbons (Fsp3) is 0.333. The zero-order valence-corrected chi connectivity index (χ0v) is 17.3. The van der Waals surface area contributed by atoms with Gasteiger partial charge in [-0.2, -0.15) is 0 Å². The number of unbranched alkanes of at least 4 members (excludes halogenated alkanes) is 3. The number of hydrogen-bond acceptors (Lipinski definition) is 5. The van der Waals surface area contributed by atoms with Crippen LogP contribution in [-0.2, 0) is 14.8 Å². The third-order valence-corrected chi connectivity index (χ3v) is 6.53. The molecule has 0 atom stereocenters. The quantitative estimate of drug-likeness (QED) is 0.326. The normalized spacial score (nSPS) is 11.2. The second-order valence-electron chi connectivity index (χ2n) is 6.04. The van der Waals surface area contributed by atoms with E-state index < -0.39 is 15.9 Å². The van der Waals surface area contributed by atoms with Gasteiger partial charge in [-0.05, 0) is 43.2 Å². The van der Waals surface area contributed by atoms with Crippen LogP contribution in [0, 0.1) is 0 Å². The van der Waals surface area contributed by atoms with Crippen LogP contribution in [0.5, 0.6) is 0 Å². The third-order valence-electron chi connectivity index (χ3n) is 4.01. The molecule has 28 heavy (non-hydrogen) atoms. The van der Waals surface area contributed by atoms with Gasteiger partial charge in [0.05, 0.1) is 5.02 Å². The summed E-state index contributed by atoms with van der Waals surface area (Å²) in [5, 5.41) is 8.87. The molecule has 0 saturated heterocycles. The molecule has 0 saturated carbocycles. The molecule has 2 N–H and O–H groups in total. The molecule has 0 radical (unpaired) electrons. The number of nitrogens with zero attached hydrogens (tertiary/aromatic N) is 2. The Balaban J connectivity index is 2.13. The minimum Gasteiger partial charge on any atom is -0.289 e. The zero-order chi connectivity index (χ0) is 20.6. The first-order valence-corrected chi connectivity index (χ1v) is 10.9. The highest BCUT2D eigenvalue weighted by molar-refractivity contribution is 7.93. The van der Waals surface area contributed by atoms with E-state index in [9.17, 15) is 13.2 Å². The molecule has 1 heterocycles. The maximum absolute atomic E-state index is 13.2. The molecule has 0 unspecified atom stereocenters. The van der Waals surface area contributed by atoms with Crippen molar-refractivity contribution >= 4 is 45.0 Å². The van der Waals surface area contributed by atoms with E-state index in [0.29, 0.717) is 30.1 Å². The molecule has 1 amide bonds. The van der Waals surface area contributed by atoms with Crippen LogP contribution >= 0.6 is 23.2 Å². The Morgan fingerprint density at radius 1 is 1.11 bits per heavy atom. The number of benzene rings is 1. The van der Waals surface area contributed by atoms with Crippen LogP contribution in [0.25, 0.3) is 0 Å². The number of hydroxylamine groups is 1. The lowest BCUT2D eigenvalue weighted by molar-refractivity contribution is -0.129. The maximum atomic E-state index is 13.2. The van der Waals surface area contributed by atoms with E-state index in [1.807, 2.05) is 0 Å². The number of aromatic nitrogens is 1.